The summed E-state index contributed by atoms with van der Waals surface area (Å²) in [6, 6.07) is 15.0. The Balaban J connectivity index is 1.52. The molecule has 0 bridgehead atoms. The third-order valence-corrected chi connectivity index (χ3v) is 7.42. The molecule has 2 atom stereocenters. The summed E-state index contributed by atoms with van der Waals surface area (Å²) >= 11 is 0. The molecule has 3 aromatic rings. The van der Waals surface area contributed by atoms with Gasteiger partial charge in [-0.1, -0.05) is 42.5 Å². The fourth-order valence-electron chi connectivity index (χ4n) is 5.69. The number of aromatic nitrogens is 2. The van der Waals surface area contributed by atoms with Crippen molar-refractivity contribution in [1.29, 1.82) is 0 Å². The van der Waals surface area contributed by atoms with E-state index >= 15 is 0 Å². The Hall–Kier alpha value is -2.98. The van der Waals surface area contributed by atoms with Crippen molar-refractivity contribution in [3.05, 3.63) is 96.1 Å². The van der Waals surface area contributed by atoms with Crippen LogP contribution >= 0.6 is 0 Å². The van der Waals surface area contributed by atoms with E-state index in [0.29, 0.717) is 12.3 Å². The summed E-state index contributed by atoms with van der Waals surface area (Å²) in [6.07, 6.45) is 17.1. The lowest BCUT2D eigenvalue weighted by molar-refractivity contribution is 0.194. The second kappa shape index (κ2) is 11.2. The molecular weight excluding hydrogens is 433 g/mol. The zero-order valence-corrected chi connectivity index (χ0v) is 20.7. The van der Waals surface area contributed by atoms with Gasteiger partial charge in [0.15, 0.2) is 0 Å². The van der Waals surface area contributed by atoms with Gasteiger partial charge in [0, 0.05) is 54.9 Å². The molecule has 0 spiro atoms. The summed E-state index contributed by atoms with van der Waals surface area (Å²) in [5.41, 5.74) is 7.62. The first-order valence-electron chi connectivity index (χ1n) is 13.0. The highest BCUT2D eigenvalue weighted by Gasteiger charge is 2.24. The van der Waals surface area contributed by atoms with Crippen LogP contribution in [0, 0.1) is 5.92 Å². The molecule has 2 aliphatic rings. The third-order valence-electron chi connectivity index (χ3n) is 7.42. The first kappa shape index (κ1) is 23.7. The Morgan fingerprint density at radius 1 is 1.06 bits per heavy atom. The van der Waals surface area contributed by atoms with Gasteiger partial charge >= 0.3 is 0 Å². The van der Waals surface area contributed by atoms with Crippen molar-refractivity contribution in [2.75, 3.05) is 20.1 Å². The highest BCUT2D eigenvalue weighted by molar-refractivity contribution is 5.87. The summed E-state index contributed by atoms with van der Waals surface area (Å²) < 4.78 is 16.4. The van der Waals surface area contributed by atoms with E-state index in [1.807, 2.05) is 18.5 Å². The summed E-state index contributed by atoms with van der Waals surface area (Å²) in [6.45, 7) is 3.38. The highest BCUT2D eigenvalue weighted by atomic mass is 19.1. The predicted molar refractivity (Wildman–Crippen MR) is 143 cm³/mol. The first-order chi connectivity index (χ1) is 17.2. The Labute approximate surface area is 209 Å². The van der Waals surface area contributed by atoms with Gasteiger partial charge in [-0.25, -0.2) is 4.39 Å². The van der Waals surface area contributed by atoms with E-state index in [0.717, 1.165) is 37.9 Å². The van der Waals surface area contributed by atoms with Crippen molar-refractivity contribution in [2.45, 2.75) is 51.2 Å². The maximum atomic E-state index is 13.9. The minimum absolute atomic E-state index is 0.448. The van der Waals surface area contributed by atoms with Gasteiger partial charge in [-0.3, -0.25) is 4.98 Å². The summed E-state index contributed by atoms with van der Waals surface area (Å²) in [4.78, 5) is 6.74. The van der Waals surface area contributed by atoms with Crippen LogP contribution in [0.1, 0.15) is 42.5 Å². The number of pyridine rings is 1. The van der Waals surface area contributed by atoms with Crippen molar-refractivity contribution in [3.8, 4) is 11.1 Å². The first-order valence-corrected chi connectivity index (χ1v) is 13.0. The monoisotopic (exact) mass is 469 g/mol. The predicted octanol–water partition coefficient (Wildman–Crippen LogP) is 6.75. The van der Waals surface area contributed by atoms with E-state index in [2.05, 4.69) is 76.2 Å². The molecule has 4 heteroatoms. The summed E-state index contributed by atoms with van der Waals surface area (Å²) in [7, 11) is 2.24. The van der Waals surface area contributed by atoms with Crippen LogP contribution in [0.15, 0.2) is 79.3 Å². The second-order valence-corrected chi connectivity index (χ2v) is 10.1. The Morgan fingerprint density at radius 3 is 2.63 bits per heavy atom. The van der Waals surface area contributed by atoms with Gasteiger partial charge in [-0.05, 0) is 86.5 Å². The second-order valence-electron chi connectivity index (χ2n) is 10.1. The maximum Gasteiger partial charge on any atom is 0.122 e. The molecule has 0 N–H and O–H groups in total. The van der Waals surface area contributed by atoms with Gasteiger partial charge in [-0.2, -0.15) is 0 Å². The lowest BCUT2D eigenvalue weighted by atomic mass is 9.92. The average molecular weight is 470 g/mol. The van der Waals surface area contributed by atoms with E-state index in [-0.39, 0.29) is 0 Å². The Bertz CT molecular complexity index is 1160. The number of piperidine rings is 1. The molecule has 2 unspecified atom stereocenters. The molecule has 1 aliphatic heterocycles. The molecule has 2 aromatic heterocycles. The number of aryl methyl sites for hydroxylation is 1. The van der Waals surface area contributed by atoms with Crippen LogP contribution < -0.4 is 0 Å². The number of halogens is 1. The number of likely N-dealkylation sites (tertiary alicyclic amines) is 1. The van der Waals surface area contributed by atoms with E-state index < -0.39 is 6.17 Å². The zero-order chi connectivity index (χ0) is 24.0. The fourth-order valence-corrected chi connectivity index (χ4v) is 5.69. The topological polar surface area (TPSA) is 21.1 Å². The molecule has 3 heterocycles. The van der Waals surface area contributed by atoms with Gasteiger partial charge in [0.05, 0.1) is 0 Å². The van der Waals surface area contributed by atoms with Crippen molar-refractivity contribution in [1.82, 2.24) is 14.5 Å². The number of allylic oxidation sites excluding steroid dienone is 4. The van der Waals surface area contributed by atoms with Crippen LogP contribution in [0.3, 0.4) is 0 Å². The van der Waals surface area contributed by atoms with Gasteiger partial charge in [0.1, 0.15) is 6.17 Å². The van der Waals surface area contributed by atoms with Crippen LogP contribution in [0.4, 0.5) is 4.39 Å². The molecule has 0 radical (unpaired) electrons. The maximum absolute atomic E-state index is 13.9. The van der Waals surface area contributed by atoms with Gasteiger partial charge in [0.25, 0.3) is 0 Å². The van der Waals surface area contributed by atoms with E-state index in [9.17, 15) is 4.39 Å². The lowest BCUT2D eigenvalue weighted by Crippen LogP contribution is -2.34. The quantitative estimate of drug-likeness (QED) is 0.364. The summed E-state index contributed by atoms with van der Waals surface area (Å²) in [5.74, 6) is 0.651. The SMILES string of the molecule is CN1CCCC(Cn2cc(C3=CCC(F)C=C3)c(-c3ccncc3)c2CCCc2ccccc2)C1. The molecule has 182 valence electrons. The van der Waals surface area contributed by atoms with Gasteiger partial charge in [-0.15, -0.1) is 0 Å². The molecule has 35 heavy (non-hydrogen) atoms. The number of alkyl halides is 1. The van der Waals surface area contributed by atoms with Crippen LogP contribution in [-0.4, -0.2) is 40.8 Å². The number of rotatable bonds is 8. The van der Waals surface area contributed by atoms with Gasteiger partial charge < -0.3 is 9.47 Å². The molecule has 1 aliphatic carbocycles. The zero-order valence-electron chi connectivity index (χ0n) is 20.7. The highest BCUT2D eigenvalue weighted by Crippen LogP contribution is 2.37. The molecule has 0 amide bonds. The summed E-state index contributed by atoms with van der Waals surface area (Å²) in [5, 5.41) is 0. The minimum Gasteiger partial charge on any atom is -0.350 e. The number of hydrogen-bond acceptors (Lipinski definition) is 2. The van der Waals surface area contributed by atoms with E-state index in [4.69, 9.17) is 0 Å². The molecule has 1 aromatic carbocycles. The molecule has 1 saturated heterocycles. The molecule has 0 saturated carbocycles. The lowest BCUT2D eigenvalue weighted by Gasteiger charge is -2.30. The average Bonchev–Trinajstić information content (AvgIpc) is 3.23. The van der Waals surface area contributed by atoms with Gasteiger partial charge in [0.2, 0.25) is 0 Å². The molecular formula is C31H36FN3. The van der Waals surface area contributed by atoms with Crippen molar-refractivity contribution >= 4 is 5.57 Å². The van der Waals surface area contributed by atoms with E-state index in [1.165, 1.54) is 47.3 Å². The van der Waals surface area contributed by atoms with Crippen LogP contribution in [0.25, 0.3) is 16.7 Å². The Morgan fingerprint density at radius 2 is 1.89 bits per heavy atom. The fraction of sp³-hybridized carbons (Fsp3) is 0.387. The van der Waals surface area contributed by atoms with Crippen LogP contribution in [0.5, 0.6) is 0 Å². The number of nitrogens with zero attached hydrogens (tertiary/aromatic N) is 3. The van der Waals surface area contributed by atoms with Crippen molar-refractivity contribution < 1.29 is 4.39 Å². The van der Waals surface area contributed by atoms with E-state index in [1.54, 1.807) is 6.08 Å². The smallest absolute Gasteiger partial charge is 0.122 e. The van der Waals surface area contributed by atoms with Crippen LogP contribution in [0.2, 0.25) is 0 Å². The van der Waals surface area contributed by atoms with Crippen LogP contribution in [-0.2, 0) is 19.4 Å². The Kier molecular flexibility index (Phi) is 7.58. The number of hydrogen-bond donors (Lipinski definition) is 0. The number of benzene rings is 1. The van der Waals surface area contributed by atoms with Crippen molar-refractivity contribution in [2.24, 2.45) is 5.92 Å². The molecule has 3 nitrogen and oxygen atoms in total. The molecule has 5 rings (SSSR count). The third kappa shape index (κ3) is 5.82. The standard InChI is InChI=1S/C31H36FN3/c1-34-20-6-10-25(21-34)22-35-23-29(26-12-14-28(32)15-13-26)31(27-16-18-33-19-17-27)30(35)11-5-9-24-7-3-2-4-8-24/h2-4,7-8,12-14,16-19,23,25,28H,5-6,9-11,15,20-22H2,1H3. The van der Waals surface area contributed by atoms with Crippen molar-refractivity contribution in [3.63, 3.8) is 0 Å². The largest absolute Gasteiger partial charge is 0.350 e. The minimum atomic E-state index is -0.881. The normalized spacial score (nSPS) is 20.7. The molecule has 1 fully saturated rings.